The van der Waals surface area contributed by atoms with Gasteiger partial charge in [0.05, 0.1) is 6.21 Å². The van der Waals surface area contributed by atoms with Crippen molar-refractivity contribution in [3.8, 4) is 5.75 Å². The van der Waals surface area contributed by atoms with Gasteiger partial charge in [-0.1, -0.05) is 66.7 Å². The molecule has 0 unspecified atom stereocenters. The number of hydrazone groups is 1. The molecule has 4 aromatic rings. The molecule has 0 aliphatic heterocycles. The first-order valence-electron chi connectivity index (χ1n) is 9.84. The third kappa shape index (κ3) is 4.41. The Balaban J connectivity index is 1.49. The molecule has 0 aliphatic carbocycles. The van der Waals surface area contributed by atoms with Crippen molar-refractivity contribution in [3.63, 3.8) is 0 Å². The number of carbonyl (C=O) groups is 1. The van der Waals surface area contributed by atoms with Gasteiger partial charge in [-0.25, -0.2) is 5.43 Å². The van der Waals surface area contributed by atoms with E-state index in [2.05, 4.69) is 46.3 Å². The smallest absolute Gasteiger partial charge is 0.277 e. The molecular weight excluding hydrogens is 374 g/mol. The van der Waals surface area contributed by atoms with E-state index in [0.717, 1.165) is 28.7 Å². The summed E-state index contributed by atoms with van der Waals surface area (Å²) in [6, 6.07) is 27.8. The Morgan fingerprint density at radius 1 is 0.967 bits per heavy atom. The van der Waals surface area contributed by atoms with Crippen molar-refractivity contribution in [2.24, 2.45) is 5.10 Å². The maximum Gasteiger partial charge on any atom is 0.277 e. The number of hydrogen-bond acceptors (Lipinski definition) is 3. The summed E-state index contributed by atoms with van der Waals surface area (Å²) < 4.78 is 7.72. The first-order chi connectivity index (χ1) is 14.7. The van der Waals surface area contributed by atoms with Crippen LogP contribution in [0, 0.1) is 6.92 Å². The molecular formula is C25H23N3O2. The fourth-order valence-corrected chi connectivity index (χ4v) is 3.46. The molecule has 5 heteroatoms. The van der Waals surface area contributed by atoms with Crippen LogP contribution < -0.4 is 10.2 Å². The normalized spacial score (nSPS) is 11.1. The number of amides is 1. The summed E-state index contributed by atoms with van der Waals surface area (Å²) >= 11 is 0. The molecule has 5 nitrogen and oxygen atoms in total. The molecule has 0 aliphatic rings. The number of nitrogens with one attached hydrogen (secondary N) is 1. The number of ether oxygens (including phenoxy) is 1. The SMILES string of the molecule is Cc1c(C=NNC(=O)COc2ccccc2)c2ccccc2n1Cc1ccccc1. The summed E-state index contributed by atoms with van der Waals surface area (Å²) in [6.07, 6.45) is 1.71. The van der Waals surface area contributed by atoms with Crippen molar-refractivity contribution >= 4 is 23.0 Å². The average molecular weight is 397 g/mol. The highest BCUT2D eigenvalue weighted by molar-refractivity contribution is 6.01. The first kappa shape index (κ1) is 19.5. The third-order valence-electron chi connectivity index (χ3n) is 4.96. The van der Waals surface area contributed by atoms with Crippen LogP contribution >= 0.6 is 0 Å². The van der Waals surface area contributed by atoms with Crippen LogP contribution in [0.5, 0.6) is 5.75 Å². The minimum atomic E-state index is -0.305. The Bertz CT molecular complexity index is 1170. The summed E-state index contributed by atoms with van der Waals surface area (Å²) in [6.45, 7) is 2.76. The van der Waals surface area contributed by atoms with Gasteiger partial charge in [-0.3, -0.25) is 4.79 Å². The average Bonchev–Trinajstić information content (AvgIpc) is 3.05. The highest BCUT2D eigenvalue weighted by Crippen LogP contribution is 2.25. The van der Waals surface area contributed by atoms with E-state index >= 15 is 0 Å². The van der Waals surface area contributed by atoms with Crippen molar-refractivity contribution in [2.75, 3.05) is 6.61 Å². The van der Waals surface area contributed by atoms with Crippen molar-refractivity contribution in [1.82, 2.24) is 9.99 Å². The monoisotopic (exact) mass is 397 g/mol. The number of rotatable bonds is 7. The maximum absolute atomic E-state index is 12.0. The number of para-hydroxylation sites is 2. The van der Waals surface area contributed by atoms with E-state index in [-0.39, 0.29) is 12.5 Å². The molecule has 150 valence electrons. The molecule has 0 spiro atoms. The van der Waals surface area contributed by atoms with Crippen LogP contribution in [0.15, 0.2) is 90.0 Å². The van der Waals surface area contributed by atoms with Gasteiger partial charge in [0.2, 0.25) is 0 Å². The summed E-state index contributed by atoms with van der Waals surface area (Å²) in [5.41, 5.74) is 7.01. The second-order valence-corrected chi connectivity index (χ2v) is 6.98. The Labute approximate surface area is 175 Å². The summed E-state index contributed by atoms with van der Waals surface area (Å²) in [7, 11) is 0. The standard InChI is InChI=1S/C25H23N3O2/c1-19-23(16-26-27-25(29)18-30-21-12-6-3-7-13-21)22-14-8-9-15-24(22)28(19)17-20-10-4-2-5-11-20/h2-16H,17-18H2,1H3,(H,27,29). The van der Waals surface area contributed by atoms with E-state index in [0.29, 0.717) is 5.75 Å². The number of hydrogen-bond donors (Lipinski definition) is 1. The zero-order valence-electron chi connectivity index (χ0n) is 16.8. The van der Waals surface area contributed by atoms with Crippen LogP contribution in [-0.2, 0) is 11.3 Å². The molecule has 3 aromatic carbocycles. The molecule has 0 atom stereocenters. The Morgan fingerprint density at radius 2 is 1.63 bits per heavy atom. The zero-order valence-corrected chi connectivity index (χ0v) is 16.8. The van der Waals surface area contributed by atoms with E-state index in [4.69, 9.17) is 4.74 Å². The fraction of sp³-hybridized carbons (Fsp3) is 0.120. The molecule has 1 N–H and O–H groups in total. The van der Waals surface area contributed by atoms with Gasteiger partial charge in [0, 0.05) is 28.7 Å². The van der Waals surface area contributed by atoms with Gasteiger partial charge in [0.25, 0.3) is 5.91 Å². The minimum Gasteiger partial charge on any atom is -0.484 e. The second-order valence-electron chi connectivity index (χ2n) is 6.98. The van der Waals surface area contributed by atoms with Crippen molar-refractivity contribution in [1.29, 1.82) is 0 Å². The highest BCUT2D eigenvalue weighted by Gasteiger charge is 2.12. The molecule has 30 heavy (non-hydrogen) atoms. The molecule has 0 saturated carbocycles. The van der Waals surface area contributed by atoms with Gasteiger partial charge in [0.1, 0.15) is 5.75 Å². The van der Waals surface area contributed by atoms with Gasteiger partial charge in [-0.15, -0.1) is 0 Å². The second kappa shape index (κ2) is 9.09. The third-order valence-corrected chi connectivity index (χ3v) is 4.96. The van der Waals surface area contributed by atoms with Gasteiger partial charge in [-0.2, -0.15) is 5.10 Å². The van der Waals surface area contributed by atoms with Gasteiger partial charge in [0.15, 0.2) is 6.61 Å². The predicted molar refractivity (Wildman–Crippen MR) is 120 cm³/mol. The fourth-order valence-electron chi connectivity index (χ4n) is 3.46. The molecule has 1 heterocycles. The van der Waals surface area contributed by atoms with Gasteiger partial charge < -0.3 is 9.30 Å². The number of aromatic nitrogens is 1. The van der Waals surface area contributed by atoms with Crippen LogP contribution in [0.2, 0.25) is 0 Å². The number of nitrogens with zero attached hydrogens (tertiary/aromatic N) is 2. The summed E-state index contributed by atoms with van der Waals surface area (Å²) in [5, 5.41) is 5.27. The molecule has 1 aromatic heterocycles. The van der Waals surface area contributed by atoms with Crippen LogP contribution in [0.4, 0.5) is 0 Å². The molecule has 0 saturated heterocycles. The largest absolute Gasteiger partial charge is 0.484 e. The van der Waals surface area contributed by atoms with E-state index in [1.54, 1.807) is 6.21 Å². The number of benzene rings is 3. The molecule has 0 fully saturated rings. The number of fused-ring (bicyclic) bond motifs is 1. The molecule has 1 amide bonds. The quantitative estimate of drug-likeness (QED) is 0.368. The lowest BCUT2D eigenvalue weighted by Crippen LogP contribution is -2.24. The zero-order chi connectivity index (χ0) is 20.8. The molecule has 4 rings (SSSR count). The Hall–Kier alpha value is -3.86. The lowest BCUT2D eigenvalue weighted by Gasteiger charge is -2.08. The van der Waals surface area contributed by atoms with Crippen LogP contribution in [0.25, 0.3) is 10.9 Å². The van der Waals surface area contributed by atoms with Crippen LogP contribution in [0.1, 0.15) is 16.8 Å². The van der Waals surface area contributed by atoms with Crippen molar-refractivity contribution in [3.05, 3.63) is 102 Å². The molecule has 0 radical (unpaired) electrons. The van der Waals surface area contributed by atoms with Crippen molar-refractivity contribution < 1.29 is 9.53 Å². The summed E-state index contributed by atoms with van der Waals surface area (Å²) in [4.78, 5) is 12.0. The van der Waals surface area contributed by atoms with E-state index in [9.17, 15) is 4.79 Å². The summed E-state index contributed by atoms with van der Waals surface area (Å²) in [5.74, 6) is 0.345. The maximum atomic E-state index is 12.0. The number of carbonyl (C=O) groups excluding carboxylic acids is 1. The Morgan fingerprint density at radius 3 is 2.40 bits per heavy atom. The van der Waals surface area contributed by atoms with E-state index in [1.165, 1.54) is 5.56 Å². The van der Waals surface area contributed by atoms with Gasteiger partial charge in [-0.05, 0) is 30.7 Å². The predicted octanol–water partition coefficient (Wildman–Crippen LogP) is 4.53. The van der Waals surface area contributed by atoms with Crippen LogP contribution in [-0.4, -0.2) is 23.3 Å². The van der Waals surface area contributed by atoms with Crippen LogP contribution in [0.3, 0.4) is 0 Å². The Kier molecular flexibility index (Phi) is 5.90. The van der Waals surface area contributed by atoms with E-state index in [1.807, 2.05) is 60.7 Å². The lowest BCUT2D eigenvalue weighted by molar-refractivity contribution is -0.123. The lowest BCUT2D eigenvalue weighted by atomic mass is 10.1. The van der Waals surface area contributed by atoms with E-state index < -0.39 is 0 Å². The highest BCUT2D eigenvalue weighted by atomic mass is 16.5. The topological polar surface area (TPSA) is 55.6 Å². The first-order valence-corrected chi connectivity index (χ1v) is 9.84. The van der Waals surface area contributed by atoms with Crippen molar-refractivity contribution in [2.45, 2.75) is 13.5 Å². The molecule has 0 bridgehead atoms. The van der Waals surface area contributed by atoms with Gasteiger partial charge >= 0.3 is 0 Å². The minimum absolute atomic E-state index is 0.0872.